The molecule has 1 aliphatic heterocycles. The van der Waals surface area contributed by atoms with Crippen LogP contribution in [0, 0.1) is 0 Å². The number of H-pyrrole nitrogens is 1. The number of amides is 4. The predicted octanol–water partition coefficient (Wildman–Crippen LogP) is 1.59. The van der Waals surface area contributed by atoms with Gasteiger partial charge in [0.05, 0.1) is 24.1 Å². The number of para-hydroxylation sites is 2. The van der Waals surface area contributed by atoms with Crippen LogP contribution in [0.5, 0.6) is 0 Å². The molecule has 4 rings (SSSR count). The molecule has 0 saturated carbocycles. The maximum Gasteiger partial charge on any atom is 0.324 e. The molecule has 1 aliphatic rings. The van der Waals surface area contributed by atoms with Crippen molar-refractivity contribution in [2.45, 2.75) is 13.0 Å². The van der Waals surface area contributed by atoms with E-state index in [4.69, 9.17) is 0 Å². The Bertz CT molecular complexity index is 992. The summed E-state index contributed by atoms with van der Waals surface area (Å²) in [6.45, 7) is 0.687. The van der Waals surface area contributed by atoms with Gasteiger partial charge in [-0.05, 0) is 29.8 Å². The van der Waals surface area contributed by atoms with E-state index in [2.05, 4.69) is 20.6 Å². The number of imidazole rings is 1. The standard InChI is InChI=1S/C20H19N5O3/c26-18-11-22-20(28)25(18)12-13-5-7-14(8-6-13)19(27)21-10-9-17-23-15-3-1-2-4-16(15)24-17/h1-8H,9-12H2,(H,21,27)(H,22,28)(H,23,24). The Balaban J connectivity index is 1.30. The van der Waals surface area contributed by atoms with Crippen molar-refractivity contribution in [1.29, 1.82) is 0 Å². The van der Waals surface area contributed by atoms with Crippen LogP contribution >= 0.6 is 0 Å². The Morgan fingerprint density at radius 2 is 1.89 bits per heavy atom. The van der Waals surface area contributed by atoms with E-state index in [0.29, 0.717) is 18.5 Å². The SMILES string of the molecule is O=C(NCCc1nc2ccccc2[nH]1)c1ccc(CN2C(=O)CNC2=O)cc1. The van der Waals surface area contributed by atoms with Gasteiger partial charge in [-0.1, -0.05) is 24.3 Å². The molecule has 2 heterocycles. The molecule has 2 aromatic carbocycles. The van der Waals surface area contributed by atoms with E-state index in [1.54, 1.807) is 24.3 Å². The number of hydrogen-bond donors (Lipinski definition) is 3. The fourth-order valence-corrected chi connectivity index (χ4v) is 3.08. The third-order valence-electron chi connectivity index (χ3n) is 4.58. The van der Waals surface area contributed by atoms with Crippen LogP contribution in [-0.4, -0.2) is 45.8 Å². The first-order valence-electron chi connectivity index (χ1n) is 8.99. The molecule has 0 aliphatic carbocycles. The molecule has 0 spiro atoms. The highest BCUT2D eigenvalue weighted by Gasteiger charge is 2.28. The number of fused-ring (bicyclic) bond motifs is 1. The normalized spacial score (nSPS) is 13.8. The second kappa shape index (κ2) is 7.51. The number of nitrogens with zero attached hydrogens (tertiary/aromatic N) is 2. The van der Waals surface area contributed by atoms with Gasteiger partial charge in [-0.3, -0.25) is 14.5 Å². The molecule has 8 nitrogen and oxygen atoms in total. The minimum Gasteiger partial charge on any atom is -0.352 e. The maximum atomic E-state index is 12.3. The van der Waals surface area contributed by atoms with Gasteiger partial charge < -0.3 is 15.6 Å². The quantitative estimate of drug-likeness (QED) is 0.567. The van der Waals surface area contributed by atoms with Crippen molar-refractivity contribution in [2.75, 3.05) is 13.1 Å². The van der Waals surface area contributed by atoms with E-state index in [1.807, 2.05) is 24.3 Å². The van der Waals surface area contributed by atoms with Gasteiger partial charge in [-0.25, -0.2) is 9.78 Å². The van der Waals surface area contributed by atoms with Crippen LogP contribution < -0.4 is 10.6 Å². The largest absolute Gasteiger partial charge is 0.352 e. The van der Waals surface area contributed by atoms with Crippen LogP contribution in [0.15, 0.2) is 48.5 Å². The highest BCUT2D eigenvalue weighted by Crippen LogP contribution is 2.12. The number of hydrogen-bond acceptors (Lipinski definition) is 4. The van der Waals surface area contributed by atoms with Crippen molar-refractivity contribution < 1.29 is 14.4 Å². The zero-order valence-corrected chi connectivity index (χ0v) is 15.1. The van der Waals surface area contributed by atoms with Crippen LogP contribution in [0.1, 0.15) is 21.7 Å². The highest BCUT2D eigenvalue weighted by molar-refractivity contribution is 6.01. The third-order valence-corrected chi connectivity index (χ3v) is 4.58. The Morgan fingerprint density at radius 1 is 1.11 bits per heavy atom. The summed E-state index contributed by atoms with van der Waals surface area (Å²) in [5.41, 5.74) is 3.18. The number of aromatic nitrogens is 2. The summed E-state index contributed by atoms with van der Waals surface area (Å²) >= 11 is 0. The summed E-state index contributed by atoms with van der Waals surface area (Å²) < 4.78 is 0. The van der Waals surface area contributed by atoms with Crippen molar-refractivity contribution in [2.24, 2.45) is 0 Å². The first-order chi connectivity index (χ1) is 13.6. The summed E-state index contributed by atoms with van der Waals surface area (Å²) in [7, 11) is 0. The van der Waals surface area contributed by atoms with Crippen molar-refractivity contribution in [3.63, 3.8) is 0 Å². The molecule has 28 heavy (non-hydrogen) atoms. The topological polar surface area (TPSA) is 107 Å². The van der Waals surface area contributed by atoms with Gasteiger partial charge in [0, 0.05) is 18.5 Å². The number of benzene rings is 2. The Labute approximate surface area is 160 Å². The van der Waals surface area contributed by atoms with Gasteiger partial charge in [0.2, 0.25) is 5.91 Å². The lowest BCUT2D eigenvalue weighted by Gasteiger charge is -2.12. The number of urea groups is 1. The molecule has 142 valence electrons. The first kappa shape index (κ1) is 17.7. The average molecular weight is 377 g/mol. The van der Waals surface area contributed by atoms with E-state index in [9.17, 15) is 14.4 Å². The molecule has 1 saturated heterocycles. The van der Waals surface area contributed by atoms with Crippen molar-refractivity contribution in [3.8, 4) is 0 Å². The number of aromatic amines is 1. The second-order valence-electron chi connectivity index (χ2n) is 6.54. The molecule has 3 N–H and O–H groups in total. The van der Waals surface area contributed by atoms with Gasteiger partial charge in [-0.15, -0.1) is 0 Å². The molecule has 4 amide bonds. The summed E-state index contributed by atoms with van der Waals surface area (Å²) in [4.78, 5) is 44.4. The number of carbonyl (C=O) groups is 3. The fraction of sp³-hybridized carbons (Fsp3) is 0.200. The van der Waals surface area contributed by atoms with Gasteiger partial charge in [0.25, 0.3) is 5.91 Å². The van der Waals surface area contributed by atoms with E-state index >= 15 is 0 Å². The highest BCUT2D eigenvalue weighted by atomic mass is 16.2. The summed E-state index contributed by atoms with van der Waals surface area (Å²) in [5.74, 6) is 0.389. The maximum absolute atomic E-state index is 12.3. The lowest BCUT2D eigenvalue weighted by Crippen LogP contribution is -2.30. The summed E-state index contributed by atoms with van der Waals surface area (Å²) in [6.07, 6.45) is 0.602. The third kappa shape index (κ3) is 3.71. The number of rotatable bonds is 6. The zero-order valence-electron chi connectivity index (χ0n) is 15.1. The van der Waals surface area contributed by atoms with Gasteiger partial charge in [0.1, 0.15) is 5.82 Å². The zero-order chi connectivity index (χ0) is 19.5. The van der Waals surface area contributed by atoms with E-state index in [-0.39, 0.29) is 24.9 Å². The van der Waals surface area contributed by atoms with Crippen molar-refractivity contribution >= 4 is 28.9 Å². The number of imide groups is 1. The average Bonchev–Trinajstić information content (AvgIpc) is 3.26. The molecule has 1 aromatic heterocycles. The predicted molar refractivity (Wildman–Crippen MR) is 103 cm³/mol. The van der Waals surface area contributed by atoms with Gasteiger partial charge >= 0.3 is 6.03 Å². The molecule has 8 heteroatoms. The molecular weight excluding hydrogens is 358 g/mol. The summed E-state index contributed by atoms with van der Waals surface area (Å²) in [6, 6.07) is 14.2. The molecule has 1 fully saturated rings. The lowest BCUT2D eigenvalue weighted by molar-refractivity contribution is -0.125. The molecule has 0 radical (unpaired) electrons. The molecule has 0 atom stereocenters. The van der Waals surface area contributed by atoms with E-state index in [1.165, 1.54) is 0 Å². The van der Waals surface area contributed by atoms with Gasteiger partial charge in [-0.2, -0.15) is 0 Å². The molecule has 3 aromatic rings. The lowest BCUT2D eigenvalue weighted by atomic mass is 10.1. The fourth-order valence-electron chi connectivity index (χ4n) is 3.08. The van der Waals surface area contributed by atoms with Crippen LogP contribution in [-0.2, 0) is 17.8 Å². The van der Waals surface area contributed by atoms with E-state index in [0.717, 1.165) is 27.3 Å². The van der Waals surface area contributed by atoms with Crippen LogP contribution in [0.3, 0.4) is 0 Å². The van der Waals surface area contributed by atoms with Crippen molar-refractivity contribution in [1.82, 2.24) is 25.5 Å². The number of carbonyl (C=O) groups excluding carboxylic acids is 3. The first-order valence-corrected chi connectivity index (χ1v) is 8.99. The minimum absolute atomic E-state index is 0.0323. The number of nitrogens with one attached hydrogen (secondary N) is 3. The van der Waals surface area contributed by atoms with Crippen LogP contribution in [0.2, 0.25) is 0 Å². The second-order valence-corrected chi connectivity index (χ2v) is 6.54. The Hall–Kier alpha value is -3.68. The molecule has 0 unspecified atom stereocenters. The van der Waals surface area contributed by atoms with Crippen LogP contribution in [0.4, 0.5) is 4.79 Å². The van der Waals surface area contributed by atoms with E-state index < -0.39 is 6.03 Å². The molecular formula is C20H19N5O3. The Morgan fingerprint density at radius 3 is 2.61 bits per heavy atom. The van der Waals surface area contributed by atoms with Crippen molar-refractivity contribution in [3.05, 3.63) is 65.5 Å². The summed E-state index contributed by atoms with van der Waals surface area (Å²) in [5, 5.41) is 5.35. The monoisotopic (exact) mass is 377 g/mol. The smallest absolute Gasteiger partial charge is 0.324 e. The molecule has 0 bridgehead atoms. The van der Waals surface area contributed by atoms with Crippen LogP contribution in [0.25, 0.3) is 11.0 Å². The minimum atomic E-state index is -0.391. The Kier molecular flexibility index (Phi) is 4.76. The van der Waals surface area contributed by atoms with Gasteiger partial charge in [0.15, 0.2) is 0 Å².